The largest absolute Gasteiger partial charge is 0.481 e. The highest BCUT2D eigenvalue weighted by Crippen LogP contribution is 2.43. The summed E-state index contributed by atoms with van der Waals surface area (Å²) in [6, 6.07) is 19.4. The van der Waals surface area contributed by atoms with Crippen LogP contribution in [0, 0.1) is 11.3 Å². The highest BCUT2D eigenvalue weighted by molar-refractivity contribution is 5.89. The van der Waals surface area contributed by atoms with Gasteiger partial charge in [-0.05, 0) is 17.5 Å². The SMILES string of the molecule is O=C(C(c1ccccc1)c1ccccc1)N1C[C@H]2COCC[C@@]2(C(=O)O)C1. The van der Waals surface area contributed by atoms with Crippen molar-refractivity contribution in [2.24, 2.45) is 11.3 Å². The molecule has 2 saturated heterocycles. The highest BCUT2D eigenvalue weighted by atomic mass is 16.5. The zero-order valence-corrected chi connectivity index (χ0v) is 15.1. The molecule has 2 aliphatic rings. The number of carbonyl (C=O) groups excluding carboxylic acids is 1. The molecule has 2 aromatic rings. The highest BCUT2D eigenvalue weighted by Gasteiger charge is 2.55. The summed E-state index contributed by atoms with van der Waals surface area (Å²) >= 11 is 0. The van der Waals surface area contributed by atoms with Gasteiger partial charge in [0.15, 0.2) is 0 Å². The molecule has 2 heterocycles. The fourth-order valence-corrected chi connectivity index (χ4v) is 4.42. The zero-order chi connectivity index (χ0) is 18.9. The van der Waals surface area contributed by atoms with Crippen molar-refractivity contribution in [3.8, 4) is 0 Å². The van der Waals surface area contributed by atoms with Crippen molar-refractivity contribution in [3.63, 3.8) is 0 Å². The molecule has 0 radical (unpaired) electrons. The molecule has 1 amide bonds. The summed E-state index contributed by atoms with van der Waals surface area (Å²) in [6.07, 6.45) is 0.456. The van der Waals surface area contributed by atoms with Crippen LogP contribution in [0.4, 0.5) is 0 Å². The monoisotopic (exact) mass is 365 g/mol. The molecule has 2 aliphatic heterocycles. The number of ether oxygens (including phenoxy) is 1. The maximum Gasteiger partial charge on any atom is 0.311 e. The van der Waals surface area contributed by atoms with Crippen LogP contribution in [-0.4, -0.2) is 48.2 Å². The van der Waals surface area contributed by atoms with Gasteiger partial charge < -0.3 is 14.7 Å². The van der Waals surface area contributed by atoms with E-state index in [1.165, 1.54) is 0 Å². The molecule has 0 spiro atoms. The van der Waals surface area contributed by atoms with Crippen molar-refractivity contribution >= 4 is 11.9 Å². The molecule has 0 unspecified atom stereocenters. The van der Waals surface area contributed by atoms with Crippen LogP contribution in [0.25, 0.3) is 0 Å². The number of carboxylic acid groups (broad SMARTS) is 1. The number of rotatable bonds is 4. The maximum atomic E-state index is 13.5. The molecule has 0 aromatic heterocycles. The molecule has 27 heavy (non-hydrogen) atoms. The van der Waals surface area contributed by atoms with E-state index in [1.807, 2.05) is 60.7 Å². The summed E-state index contributed by atoms with van der Waals surface area (Å²) in [5.74, 6) is -1.44. The van der Waals surface area contributed by atoms with Gasteiger partial charge in [-0.1, -0.05) is 60.7 Å². The topological polar surface area (TPSA) is 66.8 Å². The van der Waals surface area contributed by atoms with Gasteiger partial charge >= 0.3 is 5.97 Å². The van der Waals surface area contributed by atoms with E-state index < -0.39 is 17.3 Å². The average Bonchev–Trinajstić information content (AvgIpc) is 3.11. The third-order valence-corrected chi connectivity index (χ3v) is 5.96. The van der Waals surface area contributed by atoms with Crippen molar-refractivity contribution in [1.82, 2.24) is 4.90 Å². The number of carbonyl (C=O) groups is 2. The fraction of sp³-hybridized carbons (Fsp3) is 0.364. The van der Waals surface area contributed by atoms with Gasteiger partial charge in [-0.15, -0.1) is 0 Å². The lowest BCUT2D eigenvalue weighted by atomic mass is 9.74. The van der Waals surface area contributed by atoms with E-state index in [0.29, 0.717) is 26.2 Å². The lowest BCUT2D eigenvalue weighted by Gasteiger charge is -2.34. The molecule has 2 atom stereocenters. The molecule has 4 rings (SSSR count). The third kappa shape index (κ3) is 3.12. The molecule has 5 nitrogen and oxygen atoms in total. The van der Waals surface area contributed by atoms with E-state index in [4.69, 9.17) is 4.74 Å². The van der Waals surface area contributed by atoms with Gasteiger partial charge in [-0.3, -0.25) is 9.59 Å². The van der Waals surface area contributed by atoms with E-state index in [0.717, 1.165) is 11.1 Å². The van der Waals surface area contributed by atoms with Gasteiger partial charge in [0.1, 0.15) is 0 Å². The van der Waals surface area contributed by atoms with Crippen LogP contribution in [0.2, 0.25) is 0 Å². The maximum absolute atomic E-state index is 13.5. The fourth-order valence-electron chi connectivity index (χ4n) is 4.42. The number of aliphatic carboxylic acids is 1. The number of hydrogen-bond donors (Lipinski definition) is 1. The van der Waals surface area contributed by atoms with Crippen molar-refractivity contribution in [1.29, 1.82) is 0 Å². The first kappa shape index (κ1) is 17.7. The Labute approximate surface area is 158 Å². The van der Waals surface area contributed by atoms with Crippen LogP contribution in [0.1, 0.15) is 23.5 Å². The Kier molecular flexibility index (Phi) is 4.70. The number of likely N-dealkylation sites (tertiary alicyclic amines) is 1. The summed E-state index contributed by atoms with van der Waals surface area (Å²) in [5.41, 5.74) is 0.958. The molecule has 0 aliphatic carbocycles. The van der Waals surface area contributed by atoms with E-state index in [9.17, 15) is 14.7 Å². The molecule has 2 fully saturated rings. The second kappa shape index (κ2) is 7.16. The second-order valence-corrected chi connectivity index (χ2v) is 7.46. The first-order valence-electron chi connectivity index (χ1n) is 9.31. The molecule has 0 bridgehead atoms. The number of carboxylic acids is 1. The number of benzene rings is 2. The van der Waals surface area contributed by atoms with Crippen molar-refractivity contribution in [2.75, 3.05) is 26.3 Å². The normalized spacial score (nSPS) is 24.6. The van der Waals surface area contributed by atoms with Gasteiger partial charge in [0.2, 0.25) is 5.91 Å². The summed E-state index contributed by atoms with van der Waals surface area (Å²) in [4.78, 5) is 27.3. The minimum atomic E-state index is -0.883. The molecule has 0 saturated carbocycles. The van der Waals surface area contributed by atoms with Crippen molar-refractivity contribution < 1.29 is 19.4 Å². The lowest BCUT2D eigenvalue weighted by molar-refractivity contribution is -0.157. The summed E-state index contributed by atoms with van der Waals surface area (Å²) in [5, 5.41) is 9.88. The Morgan fingerprint density at radius 1 is 1.04 bits per heavy atom. The number of amides is 1. The van der Waals surface area contributed by atoms with Gasteiger partial charge in [0.05, 0.1) is 17.9 Å². The minimum Gasteiger partial charge on any atom is -0.481 e. The standard InChI is InChI=1S/C22H23NO4/c24-20(23-13-18-14-27-12-11-22(18,15-23)21(25)26)19(16-7-3-1-4-8-16)17-9-5-2-6-10-17/h1-10,18-19H,11-15H2,(H,25,26)/t18-,22+/m0/s1. The Morgan fingerprint density at radius 2 is 1.63 bits per heavy atom. The molecule has 2 aromatic carbocycles. The van der Waals surface area contributed by atoms with E-state index in [-0.39, 0.29) is 18.4 Å². The van der Waals surface area contributed by atoms with E-state index in [1.54, 1.807) is 4.90 Å². The summed E-state index contributed by atoms with van der Waals surface area (Å²) in [6.45, 7) is 1.52. The van der Waals surface area contributed by atoms with Crippen LogP contribution in [0.5, 0.6) is 0 Å². The molecule has 5 heteroatoms. The molecular weight excluding hydrogens is 342 g/mol. The number of nitrogens with zero attached hydrogens (tertiary/aromatic N) is 1. The minimum absolute atomic E-state index is 0.0394. The third-order valence-electron chi connectivity index (χ3n) is 5.96. The van der Waals surface area contributed by atoms with Crippen LogP contribution >= 0.6 is 0 Å². The van der Waals surface area contributed by atoms with Crippen LogP contribution < -0.4 is 0 Å². The van der Waals surface area contributed by atoms with Crippen LogP contribution in [0.3, 0.4) is 0 Å². The predicted octanol–water partition coefficient (Wildman–Crippen LogP) is 2.77. The first-order valence-corrected chi connectivity index (χ1v) is 9.31. The quantitative estimate of drug-likeness (QED) is 0.905. The number of fused-ring (bicyclic) bond motifs is 1. The van der Waals surface area contributed by atoms with E-state index >= 15 is 0 Å². The summed E-state index contributed by atoms with van der Waals surface area (Å²) in [7, 11) is 0. The molecule has 140 valence electrons. The second-order valence-electron chi connectivity index (χ2n) is 7.46. The number of hydrogen-bond acceptors (Lipinski definition) is 3. The van der Waals surface area contributed by atoms with Crippen molar-refractivity contribution in [2.45, 2.75) is 12.3 Å². The zero-order valence-electron chi connectivity index (χ0n) is 15.1. The van der Waals surface area contributed by atoms with Gasteiger partial charge in [0, 0.05) is 25.6 Å². The van der Waals surface area contributed by atoms with Crippen molar-refractivity contribution in [3.05, 3.63) is 71.8 Å². The first-order chi connectivity index (χ1) is 13.1. The van der Waals surface area contributed by atoms with Gasteiger partial charge in [-0.25, -0.2) is 0 Å². The van der Waals surface area contributed by atoms with Gasteiger partial charge in [0.25, 0.3) is 0 Å². The lowest BCUT2D eigenvalue weighted by Crippen LogP contribution is -2.45. The smallest absolute Gasteiger partial charge is 0.311 e. The van der Waals surface area contributed by atoms with E-state index in [2.05, 4.69) is 0 Å². The Balaban J connectivity index is 1.68. The Hall–Kier alpha value is -2.66. The average molecular weight is 365 g/mol. The summed E-state index contributed by atoms with van der Waals surface area (Å²) < 4.78 is 5.52. The van der Waals surface area contributed by atoms with Gasteiger partial charge in [-0.2, -0.15) is 0 Å². The van der Waals surface area contributed by atoms with Crippen LogP contribution in [0.15, 0.2) is 60.7 Å². The van der Waals surface area contributed by atoms with Crippen LogP contribution in [-0.2, 0) is 14.3 Å². The Bertz CT molecular complexity index is 783. The molecular formula is C22H23NO4. The molecule has 1 N–H and O–H groups in total. The predicted molar refractivity (Wildman–Crippen MR) is 100 cm³/mol. The Morgan fingerprint density at radius 3 is 2.15 bits per heavy atom.